The minimum absolute atomic E-state index is 0.0388. The third kappa shape index (κ3) is 3.28. The van der Waals surface area contributed by atoms with Crippen molar-refractivity contribution >= 4 is 11.5 Å². The molecule has 1 N–H and O–H groups in total. The molecule has 100 valence electrons. The Kier molecular flexibility index (Phi) is 5.29. The van der Waals surface area contributed by atoms with Gasteiger partial charge in [-0.05, 0) is 20.3 Å². The van der Waals surface area contributed by atoms with E-state index in [0.717, 1.165) is 6.42 Å². The first-order chi connectivity index (χ1) is 8.63. The van der Waals surface area contributed by atoms with Crippen LogP contribution in [0.15, 0.2) is 0 Å². The summed E-state index contributed by atoms with van der Waals surface area (Å²) in [7, 11) is 0. The molecule has 7 heteroatoms. The van der Waals surface area contributed by atoms with Gasteiger partial charge in [-0.3, -0.25) is 10.1 Å². The minimum atomic E-state index is -0.515. The highest BCUT2D eigenvalue weighted by Crippen LogP contribution is 2.31. The van der Waals surface area contributed by atoms with Crippen LogP contribution >= 0.6 is 0 Å². The molecule has 0 saturated heterocycles. The van der Waals surface area contributed by atoms with E-state index in [0.29, 0.717) is 25.4 Å². The molecule has 0 saturated carbocycles. The Morgan fingerprint density at radius 2 is 2.06 bits per heavy atom. The Hall–Kier alpha value is -1.92. The first-order valence-corrected chi connectivity index (χ1v) is 6.05. The number of hydrogen-bond donors (Lipinski definition) is 1. The Bertz CT molecular complexity index is 396. The van der Waals surface area contributed by atoms with E-state index in [-0.39, 0.29) is 17.4 Å². The highest BCUT2D eigenvalue weighted by molar-refractivity contribution is 5.61. The third-order valence-electron chi connectivity index (χ3n) is 2.18. The molecule has 0 aromatic carbocycles. The molecule has 1 aromatic heterocycles. The lowest BCUT2D eigenvalue weighted by Crippen LogP contribution is -2.10. The van der Waals surface area contributed by atoms with Crippen LogP contribution in [-0.2, 0) is 6.42 Å². The Morgan fingerprint density at radius 1 is 1.33 bits per heavy atom. The van der Waals surface area contributed by atoms with Crippen LogP contribution in [-0.4, -0.2) is 28.0 Å². The Labute approximate surface area is 106 Å². The van der Waals surface area contributed by atoms with Gasteiger partial charge in [0.2, 0.25) is 5.82 Å². The maximum absolute atomic E-state index is 11.1. The maximum Gasteiger partial charge on any atom is 0.372 e. The molecular formula is C11H18N4O3. The normalized spacial score (nSPS) is 10.2. The molecule has 0 unspecified atom stereocenters. The highest BCUT2D eigenvalue weighted by Gasteiger charge is 2.25. The number of rotatable bonds is 7. The molecule has 1 rings (SSSR count). The summed E-state index contributed by atoms with van der Waals surface area (Å²) in [5, 5.41) is 13.9. The SMILES string of the molecule is CCCc1nc(NCC)c([N+](=O)[O-])c(OCC)n1. The van der Waals surface area contributed by atoms with Crippen LogP contribution in [0.3, 0.4) is 0 Å². The fourth-order valence-corrected chi connectivity index (χ4v) is 1.51. The summed E-state index contributed by atoms with van der Waals surface area (Å²) in [5.74, 6) is 0.823. The van der Waals surface area contributed by atoms with Crippen LogP contribution in [0.1, 0.15) is 33.0 Å². The van der Waals surface area contributed by atoms with E-state index in [2.05, 4.69) is 15.3 Å². The molecule has 0 aliphatic heterocycles. The second kappa shape index (κ2) is 6.73. The van der Waals surface area contributed by atoms with Gasteiger partial charge in [0.25, 0.3) is 5.88 Å². The molecule has 0 amide bonds. The average Bonchev–Trinajstić information content (AvgIpc) is 2.29. The molecular weight excluding hydrogens is 236 g/mol. The van der Waals surface area contributed by atoms with Gasteiger partial charge in [0.05, 0.1) is 11.5 Å². The van der Waals surface area contributed by atoms with E-state index in [1.807, 2.05) is 13.8 Å². The smallest absolute Gasteiger partial charge is 0.372 e. The van der Waals surface area contributed by atoms with Crippen LogP contribution in [0.4, 0.5) is 11.5 Å². The van der Waals surface area contributed by atoms with Gasteiger partial charge in [0, 0.05) is 13.0 Å². The first kappa shape index (κ1) is 14.1. The van der Waals surface area contributed by atoms with Crippen molar-refractivity contribution in [3.8, 4) is 5.88 Å². The summed E-state index contributed by atoms with van der Waals surface area (Å²) < 4.78 is 5.24. The Balaban J connectivity index is 3.29. The van der Waals surface area contributed by atoms with Crippen molar-refractivity contribution in [3.63, 3.8) is 0 Å². The van der Waals surface area contributed by atoms with Crippen LogP contribution in [0.25, 0.3) is 0 Å². The number of aromatic nitrogens is 2. The van der Waals surface area contributed by atoms with Crippen LogP contribution in [0, 0.1) is 10.1 Å². The molecule has 1 aromatic rings. The molecule has 0 radical (unpaired) electrons. The first-order valence-electron chi connectivity index (χ1n) is 6.05. The molecule has 0 aliphatic carbocycles. The topological polar surface area (TPSA) is 90.2 Å². The maximum atomic E-state index is 11.1. The lowest BCUT2D eigenvalue weighted by Gasteiger charge is -2.09. The summed E-state index contributed by atoms with van der Waals surface area (Å²) in [5.41, 5.74) is -0.196. The summed E-state index contributed by atoms with van der Waals surface area (Å²) in [6.07, 6.45) is 1.53. The summed E-state index contributed by atoms with van der Waals surface area (Å²) >= 11 is 0. The fraction of sp³-hybridized carbons (Fsp3) is 0.636. The third-order valence-corrected chi connectivity index (χ3v) is 2.18. The number of nitrogens with one attached hydrogen (secondary N) is 1. The van der Waals surface area contributed by atoms with Crippen molar-refractivity contribution in [1.82, 2.24) is 9.97 Å². The summed E-state index contributed by atoms with van der Waals surface area (Å²) in [6.45, 7) is 6.49. The monoisotopic (exact) mass is 254 g/mol. The standard InChI is InChI=1S/C11H18N4O3/c1-4-7-8-13-10(12-5-2)9(15(16)17)11(14-8)18-6-3/h4-7H2,1-3H3,(H,12,13,14). The molecule has 0 spiro atoms. The number of ether oxygens (including phenoxy) is 1. The second-order valence-corrected chi connectivity index (χ2v) is 3.61. The van der Waals surface area contributed by atoms with E-state index < -0.39 is 4.92 Å². The van der Waals surface area contributed by atoms with Crippen molar-refractivity contribution < 1.29 is 9.66 Å². The number of nitro groups is 1. The number of anilines is 1. The largest absolute Gasteiger partial charge is 0.473 e. The van der Waals surface area contributed by atoms with Crippen LogP contribution in [0.2, 0.25) is 0 Å². The molecule has 1 heterocycles. The number of hydrogen-bond acceptors (Lipinski definition) is 6. The highest BCUT2D eigenvalue weighted by atomic mass is 16.6. The van der Waals surface area contributed by atoms with Crippen molar-refractivity contribution in [2.75, 3.05) is 18.5 Å². The second-order valence-electron chi connectivity index (χ2n) is 3.61. The van der Waals surface area contributed by atoms with Crippen LogP contribution in [0.5, 0.6) is 5.88 Å². The van der Waals surface area contributed by atoms with Gasteiger partial charge in [-0.1, -0.05) is 6.92 Å². The zero-order valence-corrected chi connectivity index (χ0v) is 10.9. The van der Waals surface area contributed by atoms with Crippen molar-refractivity contribution in [2.24, 2.45) is 0 Å². The van der Waals surface area contributed by atoms with Gasteiger partial charge < -0.3 is 10.1 Å². The number of aryl methyl sites for hydroxylation is 1. The summed E-state index contributed by atoms with van der Waals surface area (Å²) in [6, 6.07) is 0. The lowest BCUT2D eigenvalue weighted by atomic mass is 10.3. The molecule has 7 nitrogen and oxygen atoms in total. The van der Waals surface area contributed by atoms with E-state index >= 15 is 0 Å². The van der Waals surface area contributed by atoms with Crippen molar-refractivity contribution in [2.45, 2.75) is 33.6 Å². The van der Waals surface area contributed by atoms with Crippen LogP contribution < -0.4 is 10.1 Å². The molecule has 0 fully saturated rings. The van der Waals surface area contributed by atoms with E-state index in [1.165, 1.54) is 0 Å². The quantitative estimate of drug-likeness (QED) is 0.592. The van der Waals surface area contributed by atoms with Gasteiger partial charge in [0.15, 0.2) is 0 Å². The predicted octanol–water partition coefficient (Wildman–Crippen LogP) is 2.17. The summed E-state index contributed by atoms with van der Waals surface area (Å²) in [4.78, 5) is 18.8. The zero-order valence-electron chi connectivity index (χ0n) is 10.9. The zero-order chi connectivity index (χ0) is 13.5. The molecule has 0 aliphatic rings. The predicted molar refractivity (Wildman–Crippen MR) is 68.0 cm³/mol. The molecule has 0 bridgehead atoms. The van der Waals surface area contributed by atoms with E-state index in [4.69, 9.17) is 4.74 Å². The molecule has 18 heavy (non-hydrogen) atoms. The van der Waals surface area contributed by atoms with Gasteiger partial charge >= 0.3 is 5.69 Å². The number of nitrogens with zero attached hydrogens (tertiary/aromatic N) is 3. The Morgan fingerprint density at radius 3 is 2.56 bits per heavy atom. The average molecular weight is 254 g/mol. The van der Waals surface area contributed by atoms with E-state index in [9.17, 15) is 10.1 Å². The lowest BCUT2D eigenvalue weighted by molar-refractivity contribution is -0.385. The van der Waals surface area contributed by atoms with Gasteiger partial charge in [-0.2, -0.15) is 4.98 Å². The van der Waals surface area contributed by atoms with E-state index in [1.54, 1.807) is 6.92 Å². The van der Waals surface area contributed by atoms with Crippen molar-refractivity contribution in [1.29, 1.82) is 0 Å². The van der Waals surface area contributed by atoms with Gasteiger partial charge in [-0.25, -0.2) is 4.98 Å². The van der Waals surface area contributed by atoms with Crippen molar-refractivity contribution in [3.05, 3.63) is 15.9 Å². The van der Waals surface area contributed by atoms with Gasteiger partial charge in [-0.15, -0.1) is 0 Å². The molecule has 0 atom stereocenters. The fourth-order valence-electron chi connectivity index (χ4n) is 1.51. The minimum Gasteiger partial charge on any atom is -0.473 e. The van der Waals surface area contributed by atoms with Gasteiger partial charge in [0.1, 0.15) is 5.82 Å².